The van der Waals surface area contributed by atoms with Gasteiger partial charge in [-0.3, -0.25) is 14.4 Å². The fourth-order valence-corrected chi connectivity index (χ4v) is 5.48. The van der Waals surface area contributed by atoms with Gasteiger partial charge in [-0.15, -0.1) is 11.8 Å². The summed E-state index contributed by atoms with van der Waals surface area (Å²) in [5.41, 5.74) is 1.07. The molecule has 3 amide bonds. The van der Waals surface area contributed by atoms with Gasteiger partial charge in [-0.1, -0.05) is 26.8 Å². The van der Waals surface area contributed by atoms with E-state index in [1.54, 1.807) is 16.8 Å². The number of rotatable bonds is 11. The zero-order valence-electron chi connectivity index (χ0n) is 21.4. The first kappa shape index (κ1) is 29.4. The molecule has 1 saturated heterocycles. The van der Waals surface area contributed by atoms with Gasteiger partial charge in [0.05, 0.1) is 23.2 Å². The molecule has 2 rings (SSSR count). The van der Waals surface area contributed by atoms with E-state index in [9.17, 15) is 28.4 Å². The number of hydrogen-bond donors (Lipinski definition) is 2. The first-order valence-corrected chi connectivity index (χ1v) is 12.9. The number of hydrogen-bond acceptors (Lipinski definition) is 6. The molecule has 1 heterocycles. The monoisotopic (exact) mass is 523 g/mol. The minimum Gasteiger partial charge on any atom is -0.385 e. The van der Waals surface area contributed by atoms with Gasteiger partial charge in [-0.2, -0.15) is 5.26 Å². The van der Waals surface area contributed by atoms with Crippen molar-refractivity contribution in [1.82, 2.24) is 10.2 Å². The Morgan fingerprint density at radius 3 is 2.58 bits per heavy atom. The molecule has 0 aromatic heterocycles. The molecule has 0 saturated carbocycles. The van der Waals surface area contributed by atoms with E-state index in [1.807, 2.05) is 58.0 Å². The number of nitrogens with one attached hydrogen (secondary N) is 2. The lowest BCUT2D eigenvalue weighted by Gasteiger charge is -2.26. The summed E-state index contributed by atoms with van der Waals surface area (Å²) in [5, 5.41) is 14.0. The molecular weight excluding hydrogens is 488 g/mol. The molecule has 0 aliphatic carbocycles. The van der Waals surface area contributed by atoms with Crippen molar-refractivity contribution >= 4 is 40.9 Å². The van der Waals surface area contributed by atoms with Gasteiger partial charge in [0.15, 0.2) is 0 Å². The normalized spacial score (nSPS) is 18.6. The third-order valence-corrected chi connectivity index (χ3v) is 7.35. The van der Waals surface area contributed by atoms with Gasteiger partial charge >= 0.3 is 0 Å². The molecule has 1 fully saturated rings. The minimum atomic E-state index is -2.69. The Morgan fingerprint density at radius 2 is 2.00 bits per heavy atom. The van der Waals surface area contributed by atoms with Crippen LogP contribution in [0.5, 0.6) is 0 Å². The van der Waals surface area contributed by atoms with E-state index in [2.05, 4.69) is 10.6 Å². The number of amides is 3. The molecule has 1 aromatic rings. The number of alkyl halides is 2. The second-order valence-electron chi connectivity index (χ2n) is 9.64. The fraction of sp³-hybridized carbons (Fsp3) is 0.600. The van der Waals surface area contributed by atoms with E-state index in [1.165, 1.54) is 11.8 Å². The molecule has 0 radical (unpaired) electrons. The second kappa shape index (κ2) is 12.9. The molecule has 1 aliphatic rings. The van der Waals surface area contributed by atoms with Crippen LogP contribution in [0.4, 0.5) is 20.2 Å². The van der Waals surface area contributed by atoms with Crippen molar-refractivity contribution in [3.05, 3.63) is 24.3 Å². The molecule has 36 heavy (non-hydrogen) atoms. The predicted octanol–water partition coefficient (Wildman–Crippen LogP) is 3.70. The highest BCUT2D eigenvalue weighted by Crippen LogP contribution is 2.37. The molecule has 2 N–H and O–H groups in total. The van der Waals surface area contributed by atoms with E-state index < -0.39 is 30.2 Å². The highest BCUT2D eigenvalue weighted by atomic mass is 32.2. The number of nitrogens with zero attached hydrogens (tertiary/aromatic N) is 3. The SMILES string of the molecule is CCN1C(=O)C(CCNc2cccc(N(C)C(=O)C(C)(C)C)c2)SC1CC(C#N)C(=O)NCC(F)F. The summed E-state index contributed by atoms with van der Waals surface area (Å²) < 4.78 is 24.8. The van der Waals surface area contributed by atoms with Crippen molar-refractivity contribution < 1.29 is 23.2 Å². The van der Waals surface area contributed by atoms with Gasteiger partial charge in [0.2, 0.25) is 17.7 Å². The maximum absolute atomic E-state index is 12.9. The zero-order valence-corrected chi connectivity index (χ0v) is 22.2. The maximum atomic E-state index is 12.9. The molecular formula is C25H35F2N5O3S. The molecule has 0 bridgehead atoms. The summed E-state index contributed by atoms with van der Waals surface area (Å²) in [6.07, 6.45) is -2.10. The van der Waals surface area contributed by atoms with Crippen LogP contribution >= 0.6 is 11.8 Å². The Hall–Kier alpha value is -2.87. The first-order valence-electron chi connectivity index (χ1n) is 11.9. The average molecular weight is 524 g/mol. The van der Waals surface area contributed by atoms with Crippen molar-refractivity contribution in [2.24, 2.45) is 11.3 Å². The van der Waals surface area contributed by atoms with Gasteiger partial charge in [0.1, 0.15) is 5.92 Å². The number of halogens is 2. The third kappa shape index (κ3) is 7.82. The van der Waals surface area contributed by atoms with Crippen LogP contribution in [0.3, 0.4) is 0 Å². The van der Waals surface area contributed by atoms with Gasteiger partial charge in [-0.05, 0) is 31.5 Å². The van der Waals surface area contributed by atoms with Crippen LogP contribution in [-0.2, 0) is 14.4 Å². The van der Waals surface area contributed by atoms with Crippen molar-refractivity contribution in [1.29, 1.82) is 5.26 Å². The predicted molar refractivity (Wildman–Crippen MR) is 138 cm³/mol. The molecule has 3 atom stereocenters. The van der Waals surface area contributed by atoms with Gasteiger partial charge in [0, 0.05) is 43.3 Å². The van der Waals surface area contributed by atoms with Crippen LogP contribution in [0.25, 0.3) is 0 Å². The van der Waals surface area contributed by atoms with E-state index >= 15 is 0 Å². The lowest BCUT2D eigenvalue weighted by atomic mass is 9.94. The Balaban J connectivity index is 1.96. The Bertz CT molecular complexity index is 979. The van der Waals surface area contributed by atoms with Crippen molar-refractivity contribution in [2.75, 3.05) is 36.9 Å². The quantitative estimate of drug-likeness (QED) is 0.458. The van der Waals surface area contributed by atoms with E-state index in [0.717, 1.165) is 11.4 Å². The number of anilines is 2. The summed E-state index contributed by atoms with van der Waals surface area (Å²) in [6, 6.07) is 9.36. The average Bonchev–Trinajstić information content (AvgIpc) is 3.13. The summed E-state index contributed by atoms with van der Waals surface area (Å²) in [5.74, 6) is -1.93. The molecule has 198 valence electrons. The fourth-order valence-electron chi connectivity index (χ4n) is 3.90. The van der Waals surface area contributed by atoms with Crippen molar-refractivity contribution in [2.45, 2.75) is 57.6 Å². The molecule has 3 unspecified atom stereocenters. The van der Waals surface area contributed by atoms with Crippen LogP contribution in [0.15, 0.2) is 24.3 Å². The molecule has 1 aliphatic heterocycles. The van der Waals surface area contributed by atoms with E-state index in [-0.39, 0.29) is 28.9 Å². The first-order chi connectivity index (χ1) is 16.9. The highest BCUT2D eigenvalue weighted by Gasteiger charge is 2.41. The lowest BCUT2D eigenvalue weighted by molar-refractivity contribution is -0.131. The van der Waals surface area contributed by atoms with Crippen LogP contribution < -0.4 is 15.5 Å². The molecule has 0 spiro atoms. The van der Waals surface area contributed by atoms with Gasteiger partial charge in [-0.25, -0.2) is 8.78 Å². The molecule has 1 aromatic carbocycles. The van der Waals surface area contributed by atoms with Gasteiger partial charge < -0.3 is 20.4 Å². The largest absolute Gasteiger partial charge is 0.385 e. The summed E-state index contributed by atoms with van der Waals surface area (Å²) in [4.78, 5) is 40.8. The topological polar surface area (TPSA) is 106 Å². The lowest BCUT2D eigenvalue weighted by Crippen LogP contribution is -2.39. The highest BCUT2D eigenvalue weighted by molar-refractivity contribution is 8.01. The van der Waals surface area contributed by atoms with E-state index in [0.29, 0.717) is 19.5 Å². The Kier molecular flexibility index (Phi) is 10.5. The van der Waals surface area contributed by atoms with Crippen molar-refractivity contribution in [3.8, 4) is 6.07 Å². The number of thioether (sulfide) groups is 1. The molecule has 8 nitrogen and oxygen atoms in total. The third-order valence-electron chi connectivity index (χ3n) is 5.82. The number of carbonyl (C=O) groups is 3. The van der Waals surface area contributed by atoms with Gasteiger partial charge in [0.25, 0.3) is 6.43 Å². The summed E-state index contributed by atoms with van der Waals surface area (Å²) in [7, 11) is 1.74. The second-order valence-corrected chi connectivity index (χ2v) is 11.0. The number of carbonyl (C=O) groups excluding carboxylic acids is 3. The standard InChI is InChI=1S/C25H35F2N5O3S/c1-6-32-21(12-16(14-28)22(33)30-15-20(26)27)36-19(23(32)34)10-11-29-17-8-7-9-18(13-17)31(5)24(35)25(2,3)4/h7-9,13,16,19-21,29H,6,10-12,15H2,1-5H3,(H,30,33). The maximum Gasteiger partial charge on any atom is 0.255 e. The van der Waals surface area contributed by atoms with Crippen LogP contribution in [0.1, 0.15) is 40.5 Å². The number of nitriles is 1. The van der Waals surface area contributed by atoms with Crippen LogP contribution in [0.2, 0.25) is 0 Å². The Morgan fingerprint density at radius 1 is 1.31 bits per heavy atom. The Labute approximate surface area is 215 Å². The van der Waals surface area contributed by atoms with E-state index in [4.69, 9.17) is 0 Å². The van der Waals surface area contributed by atoms with Crippen LogP contribution in [-0.4, -0.2) is 66.4 Å². The summed E-state index contributed by atoms with van der Waals surface area (Å²) >= 11 is 1.39. The van der Waals surface area contributed by atoms with Crippen LogP contribution in [0, 0.1) is 22.7 Å². The molecule has 11 heteroatoms. The smallest absolute Gasteiger partial charge is 0.255 e. The number of benzene rings is 1. The summed E-state index contributed by atoms with van der Waals surface area (Å²) in [6.45, 7) is 7.55. The zero-order chi connectivity index (χ0) is 27.0. The minimum absolute atomic E-state index is 0.00291. The van der Waals surface area contributed by atoms with Crippen molar-refractivity contribution in [3.63, 3.8) is 0 Å².